The lowest BCUT2D eigenvalue weighted by atomic mass is 10.1. The van der Waals surface area contributed by atoms with Crippen molar-refractivity contribution in [2.24, 2.45) is 0 Å². The van der Waals surface area contributed by atoms with Crippen LogP contribution in [0.2, 0.25) is 0 Å². The van der Waals surface area contributed by atoms with Crippen molar-refractivity contribution < 1.29 is 18.7 Å². The average Bonchev–Trinajstić information content (AvgIpc) is 3.28. The number of methoxy groups -OCH3 is 2. The fourth-order valence-corrected chi connectivity index (χ4v) is 3.14. The molecule has 0 saturated carbocycles. The van der Waals surface area contributed by atoms with E-state index in [4.69, 9.17) is 9.47 Å². The number of hydrogen-bond donors (Lipinski definition) is 1. The number of benzene rings is 1. The standard InChI is InChI=1S/C17H21FN4O3/c1-24-12-8-14(17-19-10-20-21-17)22(9-12)16(23)6-4-11-3-5-15(25-2)13(18)7-11/h3,5,7,10,12,14H,4,6,8-9H2,1-2H3,(H,19,20,21)/t12-,14+/m1/s1. The number of aromatic amines is 1. The van der Waals surface area contributed by atoms with E-state index in [1.54, 1.807) is 24.1 Å². The molecular formula is C17H21FN4O3. The lowest BCUT2D eigenvalue weighted by Crippen LogP contribution is -2.32. The lowest BCUT2D eigenvalue weighted by Gasteiger charge is -2.22. The molecule has 2 aromatic rings. The normalized spacial score (nSPS) is 20.0. The summed E-state index contributed by atoms with van der Waals surface area (Å²) in [5.41, 5.74) is 0.755. The molecule has 0 aliphatic carbocycles. The number of nitrogens with one attached hydrogen (secondary N) is 1. The first-order valence-electron chi connectivity index (χ1n) is 8.12. The molecule has 3 rings (SSSR count). The highest BCUT2D eigenvalue weighted by Gasteiger charge is 2.37. The van der Waals surface area contributed by atoms with Gasteiger partial charge in [-0.3, -0.25) is 9.89 Å². The summed E-state index contributed by atoms with van der Waals surface area (Å²) < 4.78 is 24.1. The zero-order valence-corrected chi connectivity index (χ0v) is 14.2. The van der Waals surface area contributed by atoms with E-state index in [-0.39, 0.29) is 30.2 Å². The number of carbonyl (C=O) groups is 1. The van der Waals surface area contributed by atoms with Crippen molar-refractivity contribution in [2.75, 3.05) is 20.8 Å². The van der Waals surface area contributed by atoms with E-state index in [9.17, 15) is 9.18 Å². The van der Waals surface area contributed by atoms with E-state index in [2.05, 4.69) is 15.2 Å². The molecule has 8 heteroatoms. The topological polar surface area (TPSA) is 80.3 Å². The number of hydrogen-bond acceptors (Lipinski definition) is 5. The van der Waals surface area contributed by atoms with Gasteiger partial charge in [0.05, 0.1) is 19.3 Å². The molecule has 1 fully saturated rings. The molecule has 1 aromatic carbocycles. The van der Waals surface area contributed by atoms with Gasteiger partial charge in [-0.1, -0.05) is 6.07 Å². The minimum absolute atomic E-state index is 0.0165. The van der Waals surface area contributed by atoms with Crippen LogP contribution in [0, 0.1) is 5.82 Å². The van der Waals surface area contributed by atoms with Crippen LogP contribution in [0.4, 0.5) is 4.39 Å². The maximum atomic E-state index is 13.8. The highest BCUT2D eigenvalue weighted by Crippen LogP contribution is 2.32. The second-order valence-corrected chi connectivity index (χ2v) is 5.99. The zero-order valence-electron chi connectivity index (χ0n) is 14.2. The summed E-state index contributed by atoms with van der Waals surface area (Å²) in [6.45, 7) is 0.512. The van der Waals surface area contributed by atoms with Gasteiger partial charge in [0, 0.05) is 26.5 Å². The molecule has 1 N–H and O–H groups in total. The number of halogens is 1. The average molecular weight is 348 g/mol. The fraction of sp³-hybridized carbons (Fsp3) is 0.471. The van der Waals surface area contributed by atoms with Crippen LogP contribution in [-0.4, -0.2) is 52.9 Å². The van der Waals surface area contributed by atoms with E-state index in [0.717, 1.165) is 5.56 Å². The van der Waals surface area contributed by atoms with E-state index < -0.39 is 5.82 Å². The first-order chi connectivity index (χ1) is 12.1. The van der Waals surface area contributed by atoms with Crippen molar-refractivity contribution >= 4 is 5.91 Å². The molecule has 0 radical (unpaired) electrons. The van der Waals surface area contributed by atoms with Crippen LogP contribution in [0.3, 0.4) is 0 Å². The van der Waals surface area contributed by atoms with Crippen molar-refractivity contribution in [3.05, 3.63) is 41.7 Å². The summed E-state index contributed by atoms with van der Waals surface area (Å²) in [6.07, 6.45) is 2.81. The van der Waals surface area contributed by atoms with Gasteiger partial charge in [-0.15, -0.1) is 0 Å². The smallest absolute Gasteiger partial charge is 0.223 e. The van der Waals surface area contributed by atoms with Crippen molar-refractivity contribution in [3.8, 4) is 5.75 Å². The Bertz CT molecular complexity index is 723. The predicted molar refractivity (Wildman–Crippen MR) is 87.5 cm³/mol. The lowest BCUT2D eigenvalue weighted by molar-refractivity contribution is -0.132. The molecule has 2 atom stereocenters. The van der Waals surface area contributed by atoms with Crippen molar-refractivity contribution in [3.63, 3.8) is 0 Å². The molecule has 0 spiro atoms. The van der Waals surface area contributed by atoms with Crippen LogP contribution in [-0.2, 0) is 16.0 Å². The molecule has 134 valence electrons. The van der Waals surface area contributed by atoms with Gasteiger partial charge in [-0.05, 0) is 24.1 Å². The summed E-state index contributed by atoms with van der Waals surface area (Å²) in [4.78, 5) is 18.6. The third-order valence-electron chi connectivity index (χ3n) is 4.51. The molecule has 1 aliphatic heterocycles. The van der Waals surface area contributed by atoms with Crippen molar-refractivity contribution in [1.82, 2.24) is 20.1 Å². The minimum Gasteiger partial charge on any atom is -0.494 e. The van der Waals surface area contributed by atoms with Crippen LogP contribution in [0.1, 0.15) is 30.3 Å². The fourth-order valence-electron chi connectivity index (χ4n) is 3.14. The largest absolute Gasteiger partial charge is 0.494 e. The van der Waals surface area contributed by atoms with Gasteiger partial charge in [0.25, 0.3) is 0 Å². The Morgan fingerprint density at radius 3 is 2.92 bits per heavy atom. The Labute approximate surface area is 145 Å². The van der Waals surface area contributed by atoms with E-state index in [0.29, 0.717) is 25.2 Å². The Balaban J connectivity index is 1.66. The highest BCUT2D eigenvalue weighted by atomic mass is 19.1. The van der Waals surface area contributed by atoms with E-state index in [1.165, 1.54) is 19.5 Å². The SMILES string of the molecule is COc1ccc(CCC(=O)N2C[C@H](OC)C[C@H]2c2ncn[nH]2)cc1F. The predicted octanol–water partition coefficient (Wildman–Crippen LogP) is 1.87. The van der Waals surface area contributed by atoms with Crippen LogP contribution in [0.5, 0.6) is 5.75 Å². The number of likely N-dealkylation sites (tertiary alicyclic amines) is 1. The maximum absolute atomic E-state index is 13.8. The summed E-state index contributed by atoms with van der Waals surface area (Å²) in [5, 5.41) is 6.69. The molecule has 1 aromatic heterocycles. The van der Waals surface area contributed by atoms with Gasteiger partial charge >= 0.3 is 0 Å². The first-order valence-corrected chi connectivity index (χ1v) is 8.12. The number of carbonyl (C=O) groups excluding carboxylic acids is 1. The molecule has 7 nitrogen and oxygen atoms in total. The number of nitrogens with zero attached hydrogens (tertiary/aromatic N) is 3. The molecule has 1 aliphatic rings. The molecule has 25 heavy (non-hydrogen) atoms. The Hall–Kier alpha value is -2.48. The van der Waals surface area contributed by atoms with Crippen molar-refractivity contribution in [2.45, 2.75) is 31.4 Å². The number of aryl methyl sites for hydroxylation is 1. The first kappa shape index (κ1) is 17.3. The van der Waals surface area contributed by atoms with Gasteiger partial charge in [-0.25, -0.2) is 9.37 Å². The monoisotopic (exact) mass is 348 g/mol. The second kappa shape index (κ2) is 7.60. The van der Waals surface area contributed by atoms with Gasteiger partial charge < -0.3 is 14.4 Å². The number of aromatic nitrogens is 3. The number of ether oxygens (including phenoxy) is 2. The molecular weight excluding hydrogens is 327 g/mol. The Morgan fingerprint density at radius 1 is 1.44 bits per heavy atom. The maximum Gasteiger partial charge on any atom is 0.223 e. The molecule has 1 saturated heterocycles. The summed E-state index contributed by atoms with van der Waals surface area (Å²) in [5.74, 6) is 0.413. The van der Waals surface area contributed by atoms with Crippen LogP contribution >= 0.6 is 0 Å². The van der Waals surface area contributed by atoms with Crippen LogP contribution in [0.15, 0.2) is 24.5 Å². The third-order valence-corrected chi connectivity index (χ3v) is 4.51. The zero-order chi connectivity index (χ0) is 17.8. The number of amides is 1. The molecule has 1 amide bonds. The highest BCUT2D eigenvalue weighted by molar-refractivity contribution is 5.77. The summed E-state index contributed by atoms with van der Waals surface area (Å²) in [7, 11) is 3.06. The van der Waals surface area contributed by atoms with Gasteiger partial charge in [0.15, 0.2) is 11.6 Å². The Kier molecular flexibility index (Phi) is 5.28. The second-order valence-electron chi connectivity index (χ2n) is 5.99. The van der Waals surface area contributed by atoms with Gasteiger partial charge in [0.1, 0.15) is 12.2 Å². The molecule has 0 unspecified atom stereocenters. The van der Waals surface area contributed by atoms with Crippen molar-refractivity contribution in [1.29, 1.82) is 0 Å². The Morgan fingerprint density at radius 2 is 2.28 bits per heavy atom. The summed E-state index contributed by atoms with van der Waals surface area (Å²) >= 11 is 0. The van der Waals surface area contributed by atoms with Gasteiger partial charge in [-0.2, -0.15) is 5.10 Å². The molecule has 2 heterocycles. The molecule has 0 bridgehead atoms. The quantitative estimate of drug-likeness (QED) is 0.862. The van der Waals surface area contributed by atoms with E-state index in [1.807, 2.05) is 0 Å². The third kappa shape index (κ3) is 3.79. The minimum atomic E-state index is -0.424. The van der Waals surface area contributed by atoms with Gasteiger partial charge in [0.2, 0.25) is 5.91 Å². The number of rotatable bonds is 6. The van der Waals surface area contributed by atoms with Crippen LogP contribution < -0.4 is 4.74 Å². The van der Waals surface area contributed by atoms with E-state index >= 15 is 0 Å². The van der Waals surface area contributed by atoms with Crippen LogP contribution in [0.25, 0.3) is 0 Å². The summed E-state index contributed by atoms with van der Waals surface area (Å²) in [6, 6.07) is 4.57. The number of H-pyrrole nitrogens is 1.